The summed E-state index contributed by atoms with van der Waals surface area (Å²) in [5, 5.41) is 10.3. The summed E-state index contributed by atoms with van der Waals surface area (Å²) in [6, 6.07) is 0. The molecule has 1 saturated carbocycles. The first-order valence-corrected chi connectivity index (χ1v) is 6.44. The fraction of sp³-hybridized carbons (Fsp3) is 0.733. The second kappa shape index (κ2) is 4.03. The molecule has 16 heavy (non-hydrogen) atoms. The van der Waals surface area contributed by atoms with E-state index in [0.717, 1.165) is 12.8 Å². The number of hydrogen-bond donors (Lipinski definition) is 1. The molecule has 2 rings (SSSR count). The van der Waals surface area contributed by atoms with Crippen molar-refractivity contribution < 1.29 is 5.11 Å². The zero-order valence-electron chi connectivity index (χ0n) is 11.0. The van der Waals surface area contributed by atoms with Gasteiger partial charge in [-0.25, -0.2) is 0 Å². The predicted molar refractivity (Wildman–Crippen MR) is 68.1 cm³/mol. The van der Waals surface area contributed by atoms with E-state index in [9.17, 15) is 5.11 Å². The SMILES string of the molecule is C/C1=C\[C@@H]2[C@H]([C@@H](O)C/C(C)=C/CC1)C2(C)C. The molecule has 0 aromatic carbocycles. The van der Waals surface area contributed by atoms with Crippen LogP contribution in [0, 0.1) is 17.3 Å². The summed E-state index contributed by atoms with van der Waals surface area (Å²) in [6.07, 6.45) is 7.69. The van der Waals surface area contributed by atoms with Gasteiger partial charge in [0.1, 0.15) is 0 Å². The Morgan fingerprint density at radius 1 is 1.25 bits per heavy atom. The van der Waals surface area contributed by atoms with Crippen LogP contribution >= 0.6 is 0 Å². The van der Waals surface area contributed by atoms with Gasteiger partial charge in [0.05, 0.1) is 6.10 Å². The molecule has 2 aliphatic carbocycles. The Morgan fingerprint density at radius 2 is 1.94 bits per heavy atom. The lowest BCUT2D eigenvalue weighted by Gasteiger charge is -2.13. The first-order valence-electron chi connectivity index (χ1n) is 6.44. The van der Waals surface area contributed by atoms with Crippen LogP contribution in [0.4, 0.5) is 0 Å². The molecule has 0 heterocycles. The molecule has 1 fully saturated rings. The van der Waals surface area contributed by atoms with Crippen LogP contribution in [0.25, 0.3) is 0 Å². The van der Waals surface area contributed by atoms with Crippen LogP contribution in [0.5, 0.6) is 0 Å². The molecule has 90 valence electrons. The molecule has 0 aromatic rings. The Balaban J connectivity index is 2.22. The van der Waals surface area contributed by atoms with Gasteiger partial charge in [-0.05, 0) is 50.4 Å². The molecule has 0 saturated heterocycles. The van der Waals surface area contributed by atoms with Crippen molar-refractivity contribution in [2.45, 2.75) is 53.1 Å². The summed E-state index contributed by atoms with van der Waals surface area (Å²) in [5.41, 5.74) is 3.13. The van der Waals surface area contributed by atoms with Crippen LogP contribution in [-0.4, -0.2) is 11.2 Å². The van der Waals surface area contributed by atoms with Gasteiger partial charge in [0.2, 0.25) is 0 Å². The van der Waals surface area contributed by atoms with Crippen LogP contribution in [0.2, 0.25) is 0 Å². The highest BCUT2D eigenvalue weighted by molar-refractivity contribution is 5.22. The lowest BCUT2D eigenvalue weighted by atomic mass is 9.99. The fourth-order valence-electron chi connectivity index (χ4n) is 3.25. The van der Waals surface area contributed by atoms with Crippen molar-refractivity contribution in [3.8, 4) is 0 Å². The maximum atomic E-state index is 10.3. The Labute approximate surface area is 99.3 Å². The molecule has 0 amide bonds. The largest absolute Gasteiger partial charge is 0.392 e. The normalized spacial score (nSPS) is 44.7. The van der Waals surface area contributed by atoms with E-state index in [1.54, 1.807) is 0 Å². The minimum absolute atomic E-state index is 0.154. The van der Waals surface area contributed by atoms with E-state index in [4.69, 9.17) is 0 Å². The number of allylic oxidation sites excluding steroid dienone is 3. The molecule has 0 aromatic heterocycles. The summed E-state index contributed by atoms with van der Waals surface area (Å²) in [7, 11) is 0. The molecule has 0 radical (unpaired) electrons. The van der Waals surface area contributed by atoms with Gasteiger partial charge in [0.15, 0.2) is 0 Å². The van der Waals surface area contributed by atoms with Gasteiger partial charge < -0.3 is 5.11 Å². The number of rotatable bonds is 0. The van der Waals surface area contributed by atoms with E-state index >= 15 is 0 Å². The van der Waals surface area contributed by atoms with Gasteiger partial charge in [-0.1, -0.05) is 37.1 Å². The fourth-order valence-corrected chi connectivity index (χ4v) is 3.25. The minimum Gasteiger partial charge on any atom is -0.392 e. The monoisotopic (exact) mass is 220 g/mol. The average Bonchev–Trinajstić information content (AvgIpc) is 2.67. The second-order valence-corrected chi connectivity index (χ2v) is 6.25. The number of fused-ring (bicyclic) bond motifs is 1. The van der Waals surface area contributed by atoms with Gasteiger partial charge >= 0.3 is 0 Å². The van der Waals surface area contributed by atoms with E-state index < -0.39 is 0 Å². The van der Waals surface area contributed by atoms with Crippen LogP contribution in [0.15, 0.2) is 23.3 Å². The molecule has 0 aliphatic heterocycles. The number of aliphatic hydroxyl groups is 1. The number of aliphatic hydroxyl groups excluding tert-OH is 1. The topological polar surface area (TPSA) is 20.2 Å². The van der Waals surface area contributed by atoms with Crippen LogP contribution in [0.1, 0.15) is 47.0 Å². The Hall–Kier alpha value is -0.560. The van der Waals surface area contributed by atoms with Crippen molar-refractivity contribution in [3.05, 3.63) is 23.3 Å². The third-order valence-corrected chi connectivity index (χ3v) is 4.44. The highest BCUT2D eigenvalue weighted by Crippen LogP contribution is 2.61. The van der Waals surface area contributed by atoms with Gasteiger partial charge in [0.25, 0.3) is 0 Å². The van der Waals surface area contributed by atoms with Crippen molar-refractivity contribution in [1.29, 1.82) is 0 Å². The Kier molecular flexibility index (Phi) is 3.00. The molecule has 0 spiro atoms. The zero-order valence-corrected chi connectivity index (χ0v) is 11.0. The first-order chi connectivity index (χ1) is 7.43. The van der Waals surface area contributed by atoms with Crippen molar-refractivity contribution in [2.24, 2.45) is 17.3 Å². The Bertz CT molecular complexity index is 335. The van der Waals surface area contributed by atoms with Crippen molar-refractivity contribution >= 4 is 0 Å². The van der Waals surface area contributed by atoms with Crippen molar-refractivity contribution in [3.63, 3.8) is 0 Å². The highest BCUT2D eigenvalue weighted by atomic mass is 16.3. The molecule has 0 bridgehead atoms. The molecule has 1 N–H and O–H groups in total. The quantitative estimate of drug-likeness (QED) is 0.617. The van der Waals surface area contributed by atoms with Crippen molar-refractivity contribution in [1.82, 2.24) is 0 Å². The minimum atomic E-state index is -0.154. The first kappa shape index (κ1) is 11.9. The van der Waals surface area contributed by atoms with Gasteiger partial charge in [-0.3, -0.25) is 0 Å². The lowest BCUT2D eigenvalue weighted by molar-refractivity contribution is 0.135. The van der Waals surface area contributed by atoms with E-state index in [-0.39, 0.29) is 6.10 Å². The van der Waals surface area contributed by atoms with E-state index in [1.165, 1.54) is 17.6 Å². The predicted octanol–water partition coefficient (Wildman–Crippen LogP) is 3.70. The molecular weight excluding hydrogens is 196 g/mol. The average molecular weight is 220 g/mol. The third-order valence-electron chi connectivity index (χ3n) is 4.44. The molecule has 2 aliphatic rings. The molecular formula is C15H24O. The second-order valence-electron chi connectivity index (χ2n) is 6.25. The summed E-state index contributed by atoms with van der Waals surface area (Å²) >= 11 is 0. The summed E-state index contributed by atoms with van der Waals surface area (Å²) in [6.45, 7) is 8.94. The standard InChI is InChI=1S/C15H24O/c1-10-6-5-7-11(2)9-13(16)14-12(8-10)15(14,3)4/h7-8,12-14,16H,5-6,9H2,1-4H3/b10-8+,11-7+/t12-,13+,14-/m1/s1. The number of hydrogen-bond acceptors (Lipinski definition) is 1. The van der Waals surface area contributed by atoms with E-state index in [1.807, 2.05) is 0 Å². The van der Waals surface area contributed by atoms with Crippen LogP contribution in [0.3, 0.4) is 0 Å². The maximum absolute atomic E-state index is 10.3. The third kappa shape index (κ3) is 2.10. The van der Waals surface area contributed by atoms with Crippen molar-refractivity contribution in [2.75, 3.05) is 0 Å². The molecule has 3 atom stereocenters. The van der Waals surface area contributed by atoms with E-state index in [0.29, 0.717) is 17.3 Å². The highest BCUT2D eigenvalue weighted by Gasteiger charge is 2.59. The van der Waals surface area contributed by atoms with Gasteiger partial charge in [-0.2, -0.15) is 0 Å². The van der Waals surface area contributed by atoms with Crippen LogP contribution in [-0.2, 0) is 0 Å². The summed E-state index contributed by atoms with van der Waals surface area (Å²) in [5.74, 6) is 1.05. The zero-order chi connectivity index (χ0) is 11.9. The molecule has 1 nitrogen and oxygen atoms in total. The maximum Gasteiger partial charge on any atom is 0.0616 e. The summed E-state index contributed by atoms with van der Waals surface area (Å²) in [4.78, 5) is 0. The molecule has 1 heteroatoms. The lowest BCUT2D eigenvalue weighted by Crippen LogP contribution is -2.14. The smallest absolute Gasteiger partial charge is 0.0616 e. The Morgan fingerprint density at radius 3 is 2.62 bits per heavy atom. The van der Waals surface area contributed by atoms with Gasteiger partial charge in [0, 0.05) is 0 Å². The molecule has 0 unspecified atom stereocenters. The van der Waals surface area contributed by atoms with Gasteiger partial charge in [-0.15, -0.1) is 0 Å². The summed E-state index contributed by atoms with van der Waals surface area (Å²) < 4.78 is 0. The van der Waals surface area contributed by atoms with E-state index in [2.05, 4.69) is 39.8 Å². The van der Waals surface area contributed by atoms with Crippen LogP contribution < -0.4 is 0 Å².